The van der Waals surface area contributed by atoms with Crippen LogP contribution in [0.3, 0.4) is 0 Å². The third kappa shape index (κ3) is 2.15. The summed E-state index contributed by atoms with van der Waals surface area (Å²) in [7, 11) is 3.42. The predicted octanol–water partition coefficient (Wildman–Crippen LogP) is 0.102. The highest BCUT2D eigenvalue weighted by atomic mass is 16.2. The lowest BCUT2D eigenvalue weighted by atomic mass is 10.2. The van der Waals surface area contributed by atoms with Crippen LogP contribution in [0, 0.1) is 0 Å². The first-order chi connectivity index (χ1) is 8.11. The van der Waals surface area contributed by atoms with Gasteiger partial charge in [-0.2, -0.15) is 5.10 Å². The van der Waals surface area contributed by atoms with Gasteiger partial charge in [-0.25, -0.2) is 0 Å². The van der Waals surface area contributed by atoms with Crippen LogP contribution in [-0.2, 0) is 4.79 Å². The Morgan fingerprint density at radius 2 is 2.29 bits per heavy atom. The van der Waals surface area contributed by atoms with E-state index in [2.05, 4.69) is 10.2 Å². The van der Waals surface area contributed by atoms with E-state index in [9.17, 15) is 9.59 Å². The van der Waals surface area contributed by atoms with Crippen LogP contribution in [0.5, 0.6) is 0 Å². The molecule has 1 atom stereocenters. The molecule has 17 heavy (non-hydrogen) atoms. The van der Waals surface area contributed by atoms with E-state index in [1.165, 1.54) is 11.1 Å². The van der Waals surface area contributed by atoms with Crippen molar-refractivity contribution in [1.82, 2.24) is 20.0 Å². The number of hydrogen-bond donors (Lipinski definition) is 1. The van der Waals surface area contributed by atoms with Crippen molar-refractivity contribution in [2.24, 2.45) is 0 Å². The normalized spacial score (nSPS) is 19.4. The summed E-state index contributed by atoms with van der Waals surface area (Å²) in [6.45, 7) is 0.633. The lowest BCUT2D eigenvalue weighted by molar-refractivity contribution is -0.132. The molecule has 1 aliphatic rings. The fourth-order valence-corrected chi connectivity index (χ4v) is 2.10. The van der Waals surface area contributed by atoms with Crippen molar-refractivity contribution in [2.45, 2.75) is 18.9 Å². The Morgan fingerprint density at radius 1 is 1.53 bits per heavy atom. The minimum absolute atomic E-state index is 0.0145. The minimum atomic E-state index is -0.326. The molecule has 2 amide bonds. The van der Waals surface area contributed by atoms with Crippen LogP contribution in [0.25, 0.3) is 0 Å². The van der Waals surface area contributed by atoms with Crippen LogP contribution >= 0.6 is 0 Å². The first-order valence-electron chi connectivity index (χ1n) is 5.62. The van der Waals surface area contributed by atoms with Crippen molar-refractivity contribution < 1.29 is 9.59 Å². The standard InChI is InChI=1S/C11H16N4O2/c1-14(2)11(17)9-4-3-5-15(9)10(16)8-6-12-13-7-8/h6-7,9H,3-5H2,1-2H3,(H,12,13). The number of nitrogens with zero attached hydrogens (tertiary/aromatic N) is 3. The van der Waals surface area contributed by atoms with E-state index in [-0.39, 0.29) is 17.9 Å². The van der Waals surface area contributed by atoms with Gasteiger partial charge in [-0.3, -0.25) is 14.7 Å². The van der Waals surface area contributed by atoms with E-state index < -0.39 is 0 Å². The summed E-state index contributed by atoms with van der Waals surface area (Å²) in [6.07, 6.45) is 4.64. The molecule has 1 aromatic heterocycles. The number of likely N-dealkylation sites (N-methyl/N-ethyl adjacent to an activating group) is 1. The minimum Gasteiger partial charge on any atom is -0.347 e. The number of carbonyl (C=O) groups excluding carboxylic acids is 2. The molecule has 6 heteroatoms. The fourth-order valence-electron chi connectivity index (χ4n) is 2.10. The van der Waals surface area contributed by atoms with E-state index in [4.69, 9.17) is 0 Å². The molecule has 0 aliphatic carbocycles. The number of likely N-dealkylation sites (tertiary alicyclic amines) is 1. The molecule has 2 rings (SSSR count). The second-order valence-corrected chi connectivity index (χ2v) is 4.38. The zero-order valence-electron chi connectivity index (χ0n) is 10.0. The summed E-state index contributed by atoms with van der Waals surface area (Å²) in [5.41, 5.74) is 0.503. The van der Waals surface area contributed by atoms with Gasteiger partial charge in [-0.05, 0) is 12.8 Å². The summed E-state index contributed by atoms with van der Waals surface area (Å²) in [6, 6.07) is -0.326. The Bertz CT molecular complexity index is 413. The Morgan fingerprint density at radius 3 is 2.88 bits per heavy atom. The smallest absolute Gasteiger partial charge is 0.257 e. The number of hydrogen-bond acceptors (Lipinski definition) is 3. The van der Waals surface area contributed by atoms with Crippen molar-refractivity contribution in [2.75, 3.05) is 20.6 Å². The van der Waals surface area contributed by atoms with Crippen LogP contribution in [0.1, 0.15) is 23.2 Å². The number of carbonyl (C=O) groups is 2. The van der Waals surface area contributed by atoms with Gasteiger partial charge in [0.2, 0.25) is 5.91 Å². The molecule has 0 spiro atoms. The van der Waals surface area contributed by atoms with E-state index in [1.807, 2.05) is 0 Å². The molecule has 1 unspecified atom stereocenters. The number of amides is 2. The molecule has 2 heterocycles. The fraction of sp³-hybridized carbons (Fsp3) is 0.545. The van der Waals surface area contributed by atoms with E-state index in [0.717, 1.165) is 12.8 Å². The highest BCUT2D eigenvalue weighted by molar-refractivity contribution is 5.97. The Balaban J connectivity index is 2.15. The van der Waals surface area contributed by atoms with Crippen LogP contribution in [0.4, 0.5) is 0 Å². The van der Waals surface area contributed by atoms with Gasteiger partial charge < -0.3 is 9.80 Å². The van der Waals surface area contributed by atoms with Gasteiger partial charge in [0, 0.05) is 26.8 Å². The third-order valence-corrected chi connectivity index (χ3v) is 2.98. The van der Waals surface area contributed by atoms with Crippen LogP contribution in [-0.4, -0.2) is 58.5 Å². The molecule has 1 aromatic rings. The van der Waals surface area contributed by atoms with Crippen molar-refractivity contribution >= 4 is 11.8 Å². The average Bonchev–Trinajstić information content (AvgIpc) is 2.97. The van der Waals surface area contributed by atoms with Gasteiger partial charge in [0.15, 0.2) is 0 Å². The maximum atomic E-state index is 12.1. The predicted molar refractivity (Wildman–Crippen MR) is 61.3 cm³/mol. The molecule has 0 aromatic carbocycles. The van der Waals surface area contributed by atoms with Gasteiger partial charge >= 0.3 is 0 Å². The first kappa shape index (κ1) is 11.6. The molecule has 1 N–H and O–H groups in total. The summed E-state index contributed by atoms with van der Waals surface area (Å²) in [5.74, 6) is -0.143. The number of nitrogens with one attached hydrogen (secondary N) is 1. The van der Waals surface area contributed by atoms with Gasteiger partial charge in [0.1, 0.15) is 6.04 Å². The van der Waals surface area contributed by atoms with E-state index >= 15 is 0 Å². The van der Waals surface area contributed by atoms with Crippen molar-refractivity contribution in [3.8, 4) is 0 Å². The van der Waals surface area contributed by atoms with Crippen molar-refractivity contribution in [1.29, 1.82) is 0 Å². The molecule has 6 nitrogen and oxygen atoms in total. The monoisotopic (exact) mass is 236 g/mol. The van der Waals surface area contributed by atoms with Gasteiger partial charge in [-0.1, -0.05) is 0 Å². The Labute approximate surface area is 99.6 Å². The van der Waals surface area contributed by atoms with Gasteiger partial charge in [0.25, 0.3) is 5.91 Å². The maximum Gasteiger partial charge on any atom is 0.257 e. The summed E-state index contributed by atoms with van der Waals surface area (Å²) in [5, 5.41) is 6.36. The second kappa shape index (κ2) is 4.57. The Hall–Kier alpha value is -1.85. The SMILES string of the molecule is CN(C)C(=O)C1CCCN1C(=O)c1cn[nH]c1. The quantitative estimate of drug-likeness (QED) is 0.792. The van der Waals surface area contributed by atoms with Crippen LogP contribution in [0.2, 0.25) is 0 Å². The van der Waals surface area contributed by atoms with Crippen molar-refractivity contribution in [3.05, 3.63) is 18.0 Å². The molecule has 1 aliphatic heterocycles. The molecule has 1 saturated heterocycles. The summed E-state index contributed by atoms with van der Waals surface area (Å²) >= 11 is 0. The third-order valence-electron chi connectivity index (χ3n) is 2.98. The maximum absolute atomic E-state index is 12.1. The second-order valence-electron chi connectivity index (χ2n) is 4.38. The van der Waals surface area contributed by atoms with Crippen molar-refractivity contribution in [3.63, 3.8) is 0 Å². The molecule has 92 valence electrons. The van der Waals surface area contributed by atoms with E-state index in [1.54, 1.807) is 25.2 Å². The van der Waals surface area contributed by atoms with Crippen LogP contribution < -0.4 is 0 Å². The van der Waals surface area contributed by atoms with Crippen LogP contribution in [0.15, 0.2) is 12.4 Å². The Kier molecular flexibility index (Phi) is 3.12. The highest BCUT2D eigenvalue weighted by Gasteiger charge is 2.35. The zero-order chi connectivity index (χ0) is 12.4. The molecule has 0 radical (unpaired) electrons. The highest BCUT2D eigenvalue weighted by Crippen LogP contribution is 2.21. The molecular formula is C11H16N4O2. The number of aromatic nitrogens is 2. The first-order valence-corrected chi connectivity index (χ1v) is 5.62. The molecular weight excluding hydrogens is 220 g/mol. The number of rotatable bonds is 2. The van der Waals surface area contributed by atoms with Gasteiger partial charge in [-0.15, -0.1) is 0 Å². The van der Waals surface area contributed by atoms with E-state index in [0.29, 0.717) is 12.1 Å². The lowest BCUT2D eigenvalue weighted by Gasteiger charge is -2.25. The summed E-state index contributed by atoms with van der Waals surface area (Å²) in [4.78, 5) is 27.2. The lowest BCUT2D eigenvalue weighted by Crippen LogP contribution is -2.45. The van der Waals surface area contributed by atoms with Gasteiger partial charge in [0.05, 0.1) is 11.8 Å². The topological polar surface area (TPSA) is 69.3 Å². The average molecular weight is 236 g/mol. The summed E-state index contributed by atoms with van der Waals surface area (Å²) < 4.78 is 0. The number of H-pyrrole nitrogens is 1. The largest absolute Gasteiger partial charge is 0.347 e. The molecule has 1 fully saturated rings. The molecule has 0 saturated carbocycles. The number of aromatic amines is 1. The molecule has 0 bridgehead atoms. The zero-order valence-corrected chi connectivity index (χ0v) is 10.0.